The summed E-state index contributed by atoms with van der Waals surface area (Å²) in [7, 11) is 0. The van der Waals surface area contributed by atoms with Crippen molar-refractivity contribution < 1.29 is 0 Å². The number of thiocarbonyl (C=S) groups is 1. The Bertz CT molecular complexity index is 729. The maximum atomic E-state index is 6.06. The zero-order chi connectivity index (χ0) is 16.1. The van der Waals surface area contributed by atoms with E-state index in [2.05, 4.69) is 28.8 Å². The van der Waals surface area contributed by atoms with Crippen molar-refractivity contribution in [2.24, 2.45) is 5.10 Å². The molecular formula is C16H15Cl2N3S. The minimum Gasteiger partial charge on any atom is -0.331 e. The molecule has 2 aromatic rings. The van der Waals surface area contributed by atoms with E-state index in [1.807, 2.05) is 19.1 Å². The quantitative estimate of drug-likeness (QED) is 0.467. The summed E-state index contributed by atoms with van der Waals surface area (Å²) >= 11 is 17.1. The highest BCUT2D eigenvalue weighted by Gasteiger charge is 2.02. The number of hydrogen-bond acceptors (Lipinski definition) is 2. The lowest BCUT2D eigenvalue weighted by molar-refractivity contribution is 1.05. The van der Waals surface area contributed by atoms with Crippen molar-refractivity contribution in [2.75, 3.05) is 5.32 Å². The van der Waals surface area contributed by atoms with Crippen LogP contribution in [0.2, 0.25) is 10.0 Å². The van der Waals surface area contributed by atoms with Gasteiger partial charge in [0.2, 0.25) is 0 Å². The Morgan fingerprint density at radius 1 is 1.18 bits per heavy atom. The van der Waals surface area contributed by atoms with Crippen molar-refractivity contribution in [3.8, 4) is 0 Å². The zero-order valence-electron chi connectivity index (χ0n) is 12.2. The highest BCUT2D eigenvalue weighted by atomic mass is 35.5. The Balaban J connectivity index is 1.98. The van der Waals surface area contributed by atoms with Crippen LogP contribution in [0.1, 0.15) is 16.7 Å². The van der Waals surface area contributed by atoms with Crippen LogP contribution in [0.3, 0.4) is 0 Å². The number of anilines is 1. The third-order valence-corrected chi connectivity index (χ3v) is 3.94. The number of nitrogens with one attached hydrogen (secondary N) is 2. The molecule has 3 nitrogen and oxygen atoms in total. The number of benzene rings is 2. The predicted molar refractivity (Wildman–Crippen MR) is 99.3 cm³/mol. The second kappa shape index (κ2) is 7.58. The first-order valence-electron chi connectivity index (χ1n) is 6.58. The van der Waals surface area contributed by atoms with Gasteiger partial charge in [-0.2, -0.15) is 5.10 Å². The molecule has 2 rings (SSSR count). The van der Waals surface area contributed by atoms with Gasteiger partial charge < -0.3 is 5.32 Å². The van der Waals surface area contributed by atoms with E-state index in [4.69, 9.17) is 35.4 Å². The van der Waals surface area contributed by atoms with Gasteiger partial charge in [-0.15, -0.1) is 0 Å². The van der Waals surface area contributed by atoms with E-state index < -0.39 is 0 Å². The first-order chi connectivity index (χ1) is 10.5. The molecule has 0 amide bonds. The van der Waals surface area contributed by atoms with Gasteiger partial charge in [-0.3, -0.25) is 5.43 Å². The van der Waals surface area contributed by atoms with Crippen molar-refractivity contribution in [3.05, 3.63) is 63.1 Å². The molecule has 0 aliphatic heterocycles. The number of halogens is 2. The summed E-state index contributed by atoms with van der Waals surface area (Å²) < 4.78 is 0. The summed E-state index contributed by atoms with van der Waals surface area (Å²) in [6, 6.07) is 11.2. The van der Waals surface area contributed by atoms with Gasteiger partial charge in [-0.05, 0) is 55.4 Å². The molecule has 0 spiro atoms. The van der Waals surface area contributed by atoms with Gasteiger partial charge in [0.25, 0.3) is 0 Å². The van der Waals surface area contributed by atoms with Gasteiger partial charge >= 0.3 is 0 Å². The third kappa shape index (κ3) is 4.44. The molecule has 6 heteroatoms. The first-order valence-corrected chi connectivity index (χ1v) is 7.75. The second-order valence-corrected chi connectivity index (χ2v) is 5.99. The smallest absolute Gasteiger partial charge is 0.191 e. The van der Waals surface area contributed by atoms with Crippen molar-refractivity contribution >= 4 is 52.4 Å². The summed E-state index contributed by atoms with van der Waals surface area (Å²) in [5.74, 6) is 0. The van der Waals surface area contributed by atoms with Crippen LogP contribution in [0, 0.1) is 13.8 Å². The fraction of sp³-hybridized carbons (Fsp3) is 0.125. The topological polar surface area (TPSA) is 36.4 Å². The van der Waals surface area contributed by atoms with E-state index in [9.17, 15) is 0 Å². The standard InChI is InChI=1S/C16H15Cl2N3S/c1-10-4-3-5-15(11(10)2)20-16(22)21-19-9-12-6-7-13(17)8-14(12)18/h3-9H,1-2H3,(H2,20,21,22)/b19-9-. The molecule has 0 unspecified atom stereocenters. The van der Waals surface area contributed by atoms with Crippen molar-refractivity contribution in [2.45, 2.75) is 13.8 Å². The normalized spacial score (nSPS) is 10.7. The molecule has 0 saturated heterocycles. The second-order valence-electron chi connectivity index (χ2n) is 4.74. The number of rotatable bonds is 3. The van der Waals surface area contributed by atoms with E-state index in [0.29, 0.717) is 15.2 Å². The van der Waals surface area contributed by atoms with Crippen LogP contribution in [-0.4, -0.2) is 11.3 Å². The van der Waals surface area contributed by atoms with Crippen molar-refractivity contribution in [1.29, 1.82) is 0 Å². The molecule has 0 atom stereocenters. The highest BCUT2D eigenvalue weighted by molar-refractivity contribution is 7.80. The molecule has 0 saturated carbocycles. The van der Waals surface area contributed by atoms with Gasteiger partial charge in [0.1, 0.15) is 0 Å². The van der Waals surface area contributed by atoms with Crippen LogP contribution >= 0.6 is 35.4 Å². The Kier molecular flexibility index (Phi) is 5.77. The van der Waals surface area contributed by atoms with Gasteiger partial charge in [-0.25, -0.2) is 0 Å². The van der Waals surface area contributed by atoms with E-state index in [1.165, 1.54) is 5.56 Å². The number of hydrazone groups is 1. The number of nitrogens with zero attached hydrogens (tertiary/aromatic N) is 1. The summed E-state index contributed by atoms with van der Waals surface area (Å²) in [5.41, 5.74) is 6.83. The highest BCUT2D eigenvalue weighted by Crippen LogP contribution is 2.19. The largest absolute Gasteiger partial charge is 0.331 e. The minimum absolute atomic E-state index is 0.412. The Hall–Kier alpha value is -1.62. The van der Waals surface area contributed by atoms with Gasteiger partial charge in [0.05, 0.1) is 11.2 Å². The lowest BCUT2D eigenvalue weighted by atomic mass is 10.1. The molecule has 0 fully saturated rings. The van der Waals surface area contributed by atoms with Crippen LogP contribution < -0.4 is 10.7 Å². The van der Waals surface area contributed by atoms with Crippen molar-refractivity contribution in [3.63, 3.8) is 0 Å². The maximum absolute atomic E-state index is 6.06. The SMILES string of the molecule is Cc1cccc(NC(=S)N/N=C\c2ccc(Cl)cc2Cl)c1C. The van der Waals surface area contributed by atoms with Crippen molar-refractivity contribution in [1.82, 2.24) is 5.43 Å². The fourth-order valence-electron chi connectivity index (χ4n) is 1.80. The number of aryl methyl sites for hydroxylation is 1. The van der Waals surface area contributed by atoms with Crippen LogP contribution in [0.4, 0.5) is 5.69 Å². The van der Waals surface area contributed by atoms with E-state index in [0.717, 1.165) is 16.8 Å². The maximum Gasteiger partial charge on any atom is 0.191 e. The van der Waals surface area contributed by atoms with E-state index in [-0.39, 0.29) is 0 Å². The molecule has 0 aromatic heterocycles. The monoisotopic (exact) mass is 351 g/mol. The van der Waals surface area contributed by atoms with Crippen LogP contribution in [0.15, 0.2) is 41.5 Å². The molecule has 0 aliphatic carbocycles. The van der Waals surface area contributed by atoms with E-state index >= 15 is 0 Å². The van der Waals surface area contributed by atoms with Gasteiger partial charge in [0.15, 0.2) is 5.11 Å². The Labute approximate surface area is 145 Å². The van der Waals surface area contributed by atoms with Gasteiger partial charge in [-0.1, -0.05) is 41.4 Å². The average Bonchev–Trinajstić information content (AvgIpc) is 2.46. The average molecular weight is 352 g/mol. The Morgan fingerprint density at radius 2 is 1.95 bits per heavy atom. The van der Waals surface area contributed by atoms with Crippen LogP contribution in [0.25, 0.3) is 0 Å². The predicted octanol–water partition coefficient (Wildman–Crippen LogP) is 4.93. The molecule has 2 aromatic carbocycles. The van der Waals surface area contributed by atoms with Crippen LogP contribution in [0.5, 0.6) is 0 Å². The lowest BCUT2D eigenvalue weighted by Crippen LogP contribution is -2.24. The number of hydrogen-bond donors (Lipinski definition) is 2. The van der Waals surface area contributed by atoms with Gasteiger partial charge in [0, 0.05) is 16.3 Å². The molecule has 114 valence electrons. The van der Waals surface area contributed by atoms with E-state index in [1.54, 1.807) is 24.4 Å². The van der Waals surface area contributed by atoms with Crippen LogP contribution in [-0.2, 0) is 0 Å². The zero-order valence-corrected chi connectivity index (χ0v) is 14.5. The molecule has 22 heavy (non-hydrogen) atoms. The molecule has 2 N–H and O–H groups in total. The summed E-state index contributed by atoms with van der Waals surface area (Å²) in [4.78, 5) is 0. The molecule has 0 aliphatic rings. The summed E-state index contributed by atoms with van der Waals surface area (Å²) in [5, 5.41) is 8.72. The third-order valence-electron chi connectivity index (χ3n) is 3.19. The Morgan fingerprint density at radius 3 is 2.68 bits per heavy atom. The fourth-order valence-corrected chi connectivity index (χ4v) is 2.42. The molecule has 0 radical (unpaired) electrons. The lowest BCUT2D eigenvalue weighted by Gasteiger charge is -2.11. The summed E-state index contributed by atoms with van der Waals surface area (Å²) in [6.07, 6.45) is 1.59. The first kappa shape index (κ1) is 16.7. The molecule has 0 heterocycles. The molecular weight excluding hydrogens is 337 g/mol. The molecule has 0 bridgehead atoms. The summed E-state index contributed by atoms with van der Waals surface area (Å²) in [6.45, 7) is 4.09. The minimum atomic E-state index is 0.412.